The topological polar surface area (TPSA) is 79.1 Å². The van der Waals surface area contributed by atoms with Crippen molar-refractivity contribution in [3.8, 4) is 5.75 Å². The lowest BCUT2D eigenvalue weighted by Gasteiger charge is -2.12. The van der Waals surface area contributed by atoms with Crippen molar-refractivity contribution < 1.29 is 14.3 Å². The zero-order valence-corrected chi connectivity index (χ0v) is 14.4. The van der Waals surface area contributed by atoms with E-state index in [0.717, 1.165) is 0 Å². The molecule has 7 nitrogen and oxygen atoms in total. The summed E-state index contributed by atoms with van der Waals surface area (Å²) in [5, 5.41) is 12.8. The Labute approximate surface area is 147 Å². The number of benzene rings is 1. The first-order valence-electron chi connectivity index (χ1n) is 6.57. The normalized spacial score (nSPS) is 10.4. The molecule has 10 heteroatoms. The van der Waals surface area contributed by atoms with E-state index in [4.69, 9.17) is 44.9 Å². The van der Waals surface area contributed by atoms with E-state index in [2.05, 4.69) is 15.5 Å². The summed E-state index contributed by atoms with van der Waals surface area (Å²) in [5.74, 6) is 0.111. The molecule has 2 rings (SSSR count). The van der Waals surface area contributed by atoms with Gasteiger partial charge in [0.15, 0.2) is 11.6 Å². The maximum absolute atomic E-state index is 11.8. The number of tetrazole rings is 1. The van der Waals surface area contributed by atoms with Crippen molar-refractivity contribution in [2.24, 2.45) is 0 Å². The van der Waals surface area contributed by atoms with Gasteiger partial charge in [0.2, 0.25) is 0 Å². The molecular weight excluding hydrogens is 363 g/mol. The Bertz CT molecular complexity index is 723. The molecule has 0 aliphatic carbocycles. The third-order valence-electron chi connectivity index (χ3n) is 2.76. The largest absolute Gasteiger partial charge is 0.488 e. The summed E-state index contributed by atoms with van der Waals surface area (Å²) in [6, 6.07) is 3.01. The molecule has 0 fully saturated rings. The van der Waals surface area contributed by atoms with Gasteiger partial charge in [0.1, 0.15) is 6.61 Å². The van der Waals surface area contributed by atoms with E-state index in [0.29, 0.717) is 12.4 Å². The molecule has 122 valence electrons. The van der Waals surface area contributed by atoms with Crippen molar-refractivity contribution in [1.82, 2.24) is 20.2 Å². The van der Waals surface area contributed by atoms with Crippen LogP contribution in [0.15, 0.2) is 12.1 Å². The molecule has 23 heavy (non-hydrogen) atoms. The van der Waals surface area contributed by atoms with E-state index in [1.54, 1.807) is 6.92 Å². The van der Waals surface area contributed by atoms with Crippen molar-refractivity contribution in [2.45, 2.75) is 13.5 Å². The van der Waals surface area contributed by atoms with E-state index in [9.17, 15) is 4.79 Å². The molecule has 0 unspecified atom stereocenters. The summed E-state index contributed by atoms with van der Waals surface area (Å²) in [4.78, 5) is 11.8. The van der Waals surface area contributed by atoms with Gasteiger partial charge in [0.05, 0.1) is 28.8 Å². The van der Waals surface area contributed by atoms with Crippen molar-refractivity contribution >= 4 is 46.8 Å². The van der Waals surface area contributed by atoms with Crippen LogP contribution in [0.25, 0.3) is 0 Å². The van der Waals surface area contributed by atoms with Gasteiger partial charge >= 0.3 is 5.97 Å². The molecule has 0 radical (unpaired) electrons. The van der Waals surface area contributed by atoms with Crippen LogP contribution in [0.3, 0.4) is 0 Å². The summed E-state index contributed by atoms with van der Waals surface area (Å²) in [6.45, 7) is 2.48. The van der Waals surface area contributed by atoms with E-state index >= 15 is 0 Å². The minimum absolute atomic E-state index is 0.0997. The summed E-state index contributed by atoms with van der Waals surface area (Å²) < 4.78 is 12.0. The van der Waals surface area contributed by atoms with Crippen LogP contribution >= 0.6 is 35.4 Å². The van der Waals surface area contributed by atoms with Gasteiger partial charge in [-0.15, -0.1) is 5.10 Å². The molecule has 0 spiro atoms. The monoisotopic (exact) mass is 374 g/mol. The van der Waals surface area contributed by atoms with E-state index in [1.165, 1.54) is 22.2 Å². The predicted octanol–water partition coefficient (Wildman–Crippen LogP) is 2.58. The Kier molecular flexibility index (Phi) is 6.26. The molecule has 0 saturated heterocycles. The maximum atomic E-state index is 11.8. The van der Waals surface area contributed by atoms with Crippen LogP contribution in [0.1, 0.15) is 23.1 Å². The van der Waals surface area contributed by atoms with Crippen LogP contribution in [0.5, 0.6) is 5.75 Å². The SMILES string of the molecule is CCOC(=O)c1ccc(Cl)c(OCCn2nnnc2C=S)c1Cl. The van der Waals surface area contributed by atoms with Gasteiger partial charge in [-0.1, -0.05) is 35.4 Å². The summed E-state index contributed by atoms with van der Waals surface area (Å²) in [5.41, 5.74) is 0.190. The van der Waals surface area contributed by atoms with E-state index in [1.807, 2.05) is 0 Å². The maximum Gasteiger partial charge on any atom is 0.339 e. The molecule has 0 aliphatic rings. The molecule has 2 aromatic rings. The summed E-state index contributed by atoms with van der Waals surface area (Å²) in [7, 11) is 0. The predicted molar refractivity (Wildman–Crippen MR) is 88.5 cm³/mol. The second kappa shape index (κ2) is 8.19. The summed E-state index contributed by atoms with van der Waals surface area (Å²) in [6.07, 6.45) is 0. The highest BCUT2D eigenvalue weighted by molar-refractivity contribution is 7.79. The fourth-order valence-corrected chi connectivity index (χ4v) is 2.45. The molecular formula is C13H12Cl2N4O3S. The molecule has 1 aromatic heterocycles. The molecule has 1 aromatic carbocycles. The Balaban J connectivity index is 2.11. The van der Waals surface area contributed by atoms with Gasteiger partial charge in [-0.3, -0.25) is 0 Å². The molecule has 0 aliphatic heterocycles. The third kappa shape index (κ3) is 4.15. The van der Waals surface area contributed by atoms with Crippen LogP contribution in [-0.2, 0) is 11.3 Å². The minimum Gasteiger partial charge on any atom is -0.488 e. The quantitative estimate of drug-likeness (QED) is 0.544. The van der Waals surface area contributed by atoms with Gasteiger partial charge in [0, 0.05) is 5.37 Å². The molecule has 0 amide bonds. The number of hydrogen-bond acceptors (Lipinski definition) is 7. The van der Waals surface area contributed by atoms with Crippen molar-refractivity contribution in [2.75, 3.05) is 13.2 Å². The van der Waals surface area contributed by atoms with Crippen LogP contribution in [-0.4, -0.2) is 44.8 Å². The smallest absolute Gasteiger partial charge is 0.339 e. The highest BCUT2D eigenvalue weighted by atomic mass is 35.5. The van der Waals surface area contributed by atoms with Crippen LogP contribution < -0.4 is 4.74 Å². The number of esters is 1. The number of aromatic nitrogens is 4. The Hall–Kier alpha value is -1.77. The number of rotatable bonds is 7. The second-order valence-corrected chi connectivity index (χ2v) is 5.21. The first-order valence-corrected chi connectivity index (χ1v) is 7.80. The summed E-state index contributed by atoms with van der Waals surface area (Å²) >= 11 is 17.0. The van der Waals surface area contributed by atoms with E-state index in [-0.39, 0.29) is 34.6 Å². The fraction of sp³-hybridized carbons (Fsp3) is 0.308. The zero-order valence-electron chi connectivity index (χ0n) is 12.0. The van der Waals surface area contributed by atoms with Gasteiger partial charge in [-0.25, -0.2) is 9.48 Å². The number of ether oxygens (including phenoxy) is 2. The number of thiocarbonyl (C=S) groups is 1. The third-order valence-corrected chi connectivity index (χ3v) is 3.64. The van der Waals surface area contributed by atoms with Gasteiger partial charge in [-0.2, -0.15) is 0 Å². The molecule has 1 heterocycles. The number of nitrogens with zero attached hydrogens (tertiary/aromatic N) is 4. The first-order chi connectivity index (χ1) is 11.1. The highest BCUT2D eigenvalue weighted by Gasteiger charge is 2.18. The van der Waals surface area contributed by atoms with Crippen molar-refractivity contribution in [3.05, 3.63) is 33.6 Å². The van der Waals surface area contributed by atoms with Crippen LogP contribution in [0.2, 0.25) is 10.0 Å². The second-order valence-electron chi connectivity index (χ2n) is 4.19. The van der Waals surface area contributed by atoms with Gasteiger partial charge in [-0.05, 0) is 29.5 Å². The first kappa shape index (κ1) is 17.6. The number of halogens is 2. The minimum atomic E-state index is -0.539. The Morgan fingerprint density at radius 1 is 1.43 bits per heavy atom. The molecule has 0 N–H and O–H groups in total. The number of hydrogen-bond donors (Lipinski definition) is 0. The standard InChI is InChI=1S/C13H12Cl2N4O3S/c1-2-21-13(20)8-3-4-9(14)12(11(8)15)22-6-5-19-10(7-23)16-17-18-19/h3-4,7H,2,5-6H2,1H3. The van der Waals surface area contributed by atoms with Gasteiger partial charge < -0.3 is 9.47 Å². The van der Waals surface area contributed by atoms with Crippen molar-refractivity contribution in [1.29, 1.82) is 0 Å². The average molecular weight is 375 g/mol. The Morgan fingerprint density at radius 2 is 2.22 bits per heavy atom. The van der Waals surface area contributed by atoms with Crippen LogP contribution in [0, 0.1) is 0 Å². The molecule has 0 saturated carbocycles. The lowest BCUT2D eigenvalue weighted by molar-refractivity contribution is 0.0526. The lowest BCUT2D eigenvalue weighted by atomic mass is 10.2. The van der Waals surface area contributed by atoms with Gasteiger partial charge in [0.25, 0.3) is 0 Å². The average Bonchev–Trinajstić information content (AvgIpc) is 2.98. The lowest BCUT2D eigenvalue weighted by Crippen LogP contribution is -2.13. The molecule has 0 bridgehead atoms. The van der Waals surface area contributed by atoms with E-state index < -0.39 is 5.97 Å². The number of carbonyl (C=O) groups excluding carboxylic acids is 1. The molecule has 0 atom stereocenters. The highest BCUT2D eigenvalue weighted by Crippen LogP contribution is 2.36. The fourth-order valence-electron chi connectivity index (χ4n) is 1.72. The van der Waals surface area contributed by atoms with Crippen molar-refractivity contribution in [3.63, 3.8) is 0 Å². The number of carbonyl (C=O) groups is 1. The zero-order chi connectivity index (χ0) is 16.8. The Morgan fingerprint density at radius 3 is 2.91 bits per heavy atom. The van der Waals surface area contributed by atoms with Crippen LogP contribution in [0.4, 0.5) is 0 Å².